The Morgan fingerprint density at radius 3 is 1.17 bits per heavy atom. The number of nitrogens with two attached hydrogens (primary N) is 1. The lowest BCUT2D eigenvalue weighted by Crippen LogP contribution is -2.40. The average Bonchev–Trinajstić information content (AvgIpc) is 3.14. The van der Waals surface area contributed by atoms with E-state index in [0.29, 0.717) is 32.2 Å². The standard InChI is InChI=1S/C46H90N2O5/c1-3-5-7-9-10-11-12-13-14-15-16-17-18-19-20-21-22-23-24-25-26-28-34-40-45(50)53-42(36-31-27-8-6-4-2)37-32-29-30-33-39-44(49)48-43(46(51)52)38-35-41-47/h42-43H,3-41,47H2,1-2H3,(H,48,49)(H,51,52). The molecule has 2 atom stereocenters. The highest BCUT2D eigenvalue weighted by atomic mass is 16.5. The molecule has 2 unspecified atom stereocenters. The predicted molar refractivity (Wildman–Crippen MR) is 225 cm³/mol. The van der Waals surface area contributed by atoms with Gasteiger partial charge in [0.2, 0.25) is 5.91 Å². The Morgan fingerprint density at radius 1 is 0.472 bits per heavy atom. The fourth-order valence-corrected chi connectivity index (χ4v) is 7.39. The monoisotopic (exact) mass is 751 g/mol. The first-order chi connectivity index (χ1) is 25.9. The van der Waals surface area contributed by atoms with Gasteiger partial charge in [0.1, 0.15) is 12.1 Å². The summed E-state index contributed by atoms with van der Waals surface area (Å²) in [5.41, 5.74) is 5.48. The number of aliphatic carboxylic acids is 1. The van der Waals surface area contributed by atoms with Crippen molar-refractivity contribution in [2.45, 2.75) is 270 Å². The van der Waals surface area contributed by atoms with E-state index in [1.54, 1.807) is 0 Å². The molecule has 0 fully saturated rings. The quantitative estimate of drug-likeness (QED) is 0.0422. The molecule has 314 valence electrons. The number of rotatable bonds is 43. The highest BCUT2D eigenvalue weighted by molar-refractivity contribution is 5.83. The normalized spacial score (nSPS) is 12.5. The number of ether oxygens (including phenoxy) is 1. The number of nitrogens with one attached hydrogen (secondary N) is 1. The number of carbonyl (C=O) groups excluding carboxylic acids is 2. The molecule has 53 heavy (non-hydrogen) atoms. The predicted octanol–water partition coefficient (Wildman–Crippen LogP) is 13.3. The van der Waals surface area contributed by atoms with E-state index in [-0.39, 0.29) is 18.0 Å². The molecule has 0 aliphatic rings. The molecule has 0 spiro atoms. The van der Waals surface area contributed by atoms with Gasteiger partial charge in [-0.15, -0.1) is 0 Å². The minimum Gasteiger partial charge on any atom is -0.480 e. The number of carbonyl (C=O) groups is 3. The molecule has 1 amide bonds. The van der Waals surface area contributed by atoms with Gasteiger partial charge in [-0.2, -0.15) is 0 Å². The number of esters is 1. The van der Waals surface area contributed by atoms with Crippen molar-refractivity contribution in [3.8, 4) is 0 Å². The van der Waals surface area contributed by atoms with Crippen LogP contribution in [0.1, 0.15) is 258 Å². The van der Waals surface area contributed by atoms with E-state index in [1.807, 2.05) is 0 Å². The Morgan fingerprint density at radius 2 is 0.811 bits per heavy atom. The second-order valence-electron chi connectivity index (χ2n) is 16.2. The van der Waals surface area contributed by atoms with E-state index < -0.39 is 12.0 Å². The van der Waals surface area contributed by atoms with E-state index >= 15 is 0 Å². The van der Waals surface area contributed by atoms with Crippen molar-refractivity contribution in [2.24, 2.45) is 5.73 Å². The zero-order valence-corrected chi connectivity index (χ0v) is 35.4. The largest absolute Gasteiger partial charge is 0.480 e. The van der Waals surface area contributed by atoms with Crippen molar-refractivity contribution >= 4 is 17.8 Å². The van der Waals surface area contributed by atoms with Crippen molar-refractivity contribution in [3.05, 3.63) is 0 Å². The fourth-order valence-electron chi connectivity index (χ4n) is 7.39. The summed E-state index contributed by atoms with van der Waals surface area (Å²) in [6.07, 6.45) is 44.7. The third kappa shape index (κ3) is 38.4. The van der Waals surface area contributed by atoms with Crippen LogP contribution in [-0.2, 0) is 19.1 Å². The topological polar surface area (TPSA) is 119 Å². The molecule has 0 aliphatic carbocycles. The maximum absolute atomic E-state index is 12.7. The number of amides is 1. The van der Waals surface area contributed by atoms with Crippen LogP contribution in [0.4, 0.5) is 0 Å². The lowest BCUT2D eigenvalue weighted by Gasteiger charge is -2.18. The summed E-state index contributed by atoms with van der Waals surface area (Å²) in [6.45, 7) is 4.93. The van der Waals surface area contributed by atoms with Crippen molar-refractivity contribution < 1.29 is 24.2 Å². The van der Waals surface area contributed by atoms with Gasteiger partial charge in [0.15, 0.2) is 0 Å². The number of hydrogen-bond acceptors (Lipinski definition) is 5. The van der Waals surface area contributed by atoms with Crippen LogP contribution in [0.2, 0.25) is 0 Å². The number of carboxylic acids is 1. The van der Waals surface area contributed by atoms with Crippen molar-refractivity contribution in [1.82, 2.24) is 5.32 Å². The van der Waals surface area contributed by atoms with Crippen LogP contribution in [0, 0.1) is 0 Å². The number of carboxylic acid groups (broad SMARTS) is 1. The Labute approximate surface area is 328 Å². The maximum atomic E-state index is 12.7. The van der Waals surface area contributed by atoms with Crippen LogP contribution >= 0.6 is 0 Å². The van der Waals surface area contributed by atoms with Gasteiger partial charge in [-0.25, -0.2) is 4.79 Å². The molecule has 7 heteroatoms. The van der Waals surface area contributed by atoms with Crippen LogP contribution in [0.3, 0.4) is 0 Å². The van der Waals surface area contributed by atoms with Crippen molar-refractivity contribution in [3.63, 3.8) is 0 Å². The van der Waals surface area contributed by atoms with Gasteiger partial charge in [-0.3, -0.25) is 9.59 Å². The molecule has 0 rings (SSSR count). The minimum atomic E-state index is -1.01. The molecule has 0 bridgehead atoms. The third-order valence-corrected chi connectivity index (χ3v) is 10.9. The van der Waals surface area contributed by atoms with Crippen LogP contribution in [-0.4, -0.2) is 41.6 Å². The molecule has 0 aromatic heterocycles. The SMILES string of the molecule is CCCCCCCCCCCCCCCCCCCCCCCCCC(=O)OC(CCCCCCC)CCCCCCC(=O)NC(CCCN)C(=O)O. The zero-order valence-electron chi connectivity index (χ0n) is 35.4. The lowest BCUT2D eigenvalue weighted by atomic mass is 10.0. The van der Waals surface area contributed by atoms with Crippen LogP contribution in [0.5, 0.6) is 0 Å². The molecule has 0 heterocycles. The van der Waals surface area contributed by atoms with Gasteiger partial charge in [-0.05, 0) is 57.9 Å². The van der Waals surface area contributed by atoms with Gasteiger partial charge in [0, 0.05) is 12.8 Å². The Bertz CT molecular complexity index is 807. The molecular weight excluding hydrogens is 661 g/mol. The van der Waals surface area contributed by atoms with Crippen LogP contribution in [0.25, 0.3) is 0 Å². The Hall–Kier alpha value is -1.63. The smallest absolute Gasteiger partial charge is 0.326 e. The first-order valence-corrected chi connectivity index (χ1v) is 23.4. The summed E-state index contributed by atoms with van der Waals surface area (Å²) < 4.78 is 5.98. The first-order valence-electron chi connectivity index (χ1n) is 23.4. The molecule has 4 N–H and O–H groups in total. The first kappa shape index (κ1) is 51.4. The van der Waals surface area contributed by atoms with Crippen LogP contribution in [0.15, 0.2) is 0 Å². The van der Waals surface area contributed by atoms with Gasteiger partial charge < -0.3 is 20.9 Å². The maximum Gasteiger partial charge on any atom is 0.326 e. The molecule has 0 saturated heterocycles. The average molecular weight is 751 g/mol. The fraction of sp³-hybridized carbons (Fsp3) is 0.935. The van der Waals surface area contributed by atoms with E-state index in [9.17, 15) is 19.5 Å². The Kier molecular flexibility index (Phi) is 40.3. The molecule has 0 aliphatic heterocycles. The van der Waals surface area contributed by atoms with Gasteiger partial charge >= 0.3 is 11.9 Å². The lowest BCUT2D eigenvalue weighted by molar-refractivity contribution is -0.150. The van der Waals surface area contributed by atoms with E-state index in [1.165, 1.54) is 161 Å². The van der Waals surface area contributed by atoms with E-state index in [2.05, 4.69) is 19.2 Å². The number of hydrogen-bond donors (Lipinski definition) is 3. The molecule has 0 saturated carbocycles. The molecule has 0 aromatic carbocycles. The molecular formula is C46H90N2O5. The second-order valence-corrected chi connectivity index (χ2v) is 16.2. The summed E-state index contributed by atoms with van der Waals surface area (Å²) in [7, 11) is 0. The van der Waals surface area contributed by atoms with Crippen LogP contribution < -0.4 is 11.1 Å². The van der Waals surface area contributed by atoms with Crippen molar-refractivity contribution in [1.29, 1.82) is 0 Å². The molecule has 0 aromatic rings. The zero-order chi connectivity index (χ0) is 38.9. The van der Waals surface area contributed by atoms with Gasteiger partial charge in [-0.1, -0.05) is 194 Å². The number of unbranched alkanes of at least 4 members (excludes halogenated alkanes) is 29. The summed E-state index contributed by atoms with van der Waals surface area (Å²) >= 11 is 0. The third-order valence-electron chi connectivity index (χ3n) is 10.9. The molecule has 0 radical (unpaired) electrons. The highest BCUT2D eigenvalue weighted by Crippen LogP contribution is 2.19. The van der Waals surface area contributed by atoms with Crippen molar-refractivity contribution in [2.75, 3.05) is 6.54 Å². The summed E-state index contributed by atoms with van der Waals surface area (Å²) in [5, 5.41) is 11.9. The molecule has 7 nitrogen and oxygen atoms in total. The second kappa shape index (κ2) is 41.5. The summed E-state index contributed by atoms with van der Waals surface area (Å²) in [4.78, 5) is 36.3. The van der Waals surface area contributed by atoms with E-state index in [4.69, 9.17) is 10.5 Å². The van der Waals surface area contributed by atoms with Gasteiger partial charge in [0.25, 0.3) is 0 Å². The Balaban J connectivity index is 3.86. The highest BCUT2D eigenvalue weighted by Gasteiger charge is 2.19. The van der Waals surface area contributed by atoms with Gasteiger partial charge in [0.05, 0.1) is 0 Å². The minimum absolute atomic E-state index is 0.00386. The van der Waals surface area contributed by atoms with E-state index in [0.717, 1.165) is 57.8 Å². The summed E-state index contributed by atoms with van der Waals surface area (Å²) in [6, 6.07) is -0.859. The summed E-state index contributed by atoms with van der Waals surface area (Å²) in [5.74, 6) is -1.25.